The lowest BCUT2D eigenvalue weighted by atomic mass is 10.2. The zero-order valence-corrected chi connectivity index (χ0v) is 13.2. The Morgan fingerprint density at radius 1 is 1.18 bits per heavy atom. The van der Waals surface area contributed by atoms with Gasteiger partial charge in [-0.25, -0.2) is 4.98 Å². The molecule has 0 unspecified atom stereocenters. The number of hydrogen-bond acceptors (Lipinski definition) is 4. The van der Waals surface area contributed by atoms with Crippen LogP contribution in [-0.4, -0.2) is 31.3 Å². The third-order valence-corrected chi connectivity index (χ3v) is 4.19. The van der Waals surface area contributed by atoms with Crippen LogP contribution in [0, 0.1) is 0 Å². The maximum Gasteiger partial charge on any atom is 0.145 e. The molecule has 3 rings (SSSR count). The Bertz CT molecular complexity index is 609. The predicted octanol–water partition coefficient (Wildman–Crippen LogP) is 4.00. The second kappa shape index (κ2) is 7.45. The van der Waals surface area contributed by atoms with E-state index in [0.29, 0.717) is 6.10 Å². The van der Waals surface area contributed by atoms with Gasteiger partial charge in [-0.15, -0.1) is 0 Å². The normalized spacial score (nSPS) is 15.3. The standard InChI is InChI=1S/C18H24N2O2/c1-21-16-9-4-6-14-10-11-17(20-18(14)16)19-12-5-13-22-15-7-2-3-8-15/h4,6,9-11,15H,2-3,5,7-8,12-13H2,1H3,(H,19,20). The van der Waals surface area contributed by atoms with Crippen molar-refractivity contribution in [2.24, 2.45) is 0 Å². The van der Waals surface area contributed by atoms with E-state index in [1.165, 1.54) is 25.7 Å². The molecule has 1 aromatic heterocycles. The molecule has 1 fully saturated rings. The Kier molecular flexibility index (Phi) is 5.11. The minimum Gasteiger partial charge on any atom is -0.494 e. The van der Waals surface area contributed by atoms with Crippen molar-refractivity contribution in [3.05, 3.63) is 30.3 Å². The number of anilines is 1. The van der Waals surface area contributed by atoms with Gasteiger partial charge in [0.2, 0.25) is 0 Å². The highest BCUT2D eigenvalue weighted by molar-refractivity contribution is 5.85. The van der Waals surface area contributed by atoms with Crippen molar-refractivity contribution in [1.29, 1.82) is 0 Å². The van der Waals surface area contributed by atoms with Gasteiger partial charge in [-0.1, -0.05) is 25.0 Å². The third-order valence-electron chi connectivity index (χ3n) is 4.19. The molecule has 118 valence electrons. The number of rotatable bonds is 7. The summed E-state index contributed by atoms with van der Waals surface area (Å²) >= 11 is 0. The van der Waals surface area contributed by atoms with E-state index >= 15 is 0 Å². The van der Waals surface area contributed by atoms with Gasteiger partial charge < -0.3 is 14.8 Å². The molecule has 1 aliphatic rings. The monoisotopic (exact) mass is 300 g/mol. The van der Waals surface area contributed by atoms with Gasteiger partial charge in [0.15, 0.2) is 0 Å². The van der Waals surface area contributed by atoms with Crippen LogP contribution in [0.3, 0.4) is 0 Å². The molecule has 0 saturated heterocycles. The summed E-state index contributed by atoms with van der Waals surface area (Å²) in [6.45, 7) is 1.70. The molecule has 1 N–H and O–H groups in total. The summed E-state index contributed by atoms with van der Waals surface area (Å²) in [6, 6.07) is 10.1. The van der Waals surface area contributed by atoms with Crippen LogP contribution in [0.5, 0.6) is 5.75 Å². The first-order valence-electron chi connectivity index (χ1n) is 8.16. The fourth-order valence-electron chi connectivity index (χ4n) is 2.98. The van der Waals surface area contributed by atoms with Gasteiger partial charge in [-0.2, -0.15) is 0 Å². The van der Waals surface area contributed by atoms with E-state index in [0.717, 1.165) is 42.0 Å². The van der Waals surface area contributed by atoms with Crippen LogP contribution in [0.4, 0.5) is 5.82 Å². The number of benzene rings is 1. The molecule has 4 nitrogen and oxygen atoms in total. The van der Waals surface area contributed by atoms with Gasteiger partial charge in [0.05, 0.1) is 13.2 Å². The van der Waals surface area contributed by atoms with Gasteiger partial charge in [0.25, 0.3) is 0 Å². The number of pyridine rings is 1. The van der Waals surface area contributed by atoms with E-state index in [2.05, 4.69) is 16.4 Å². The van der Waals surface area contributed by atoms with Crippen LogP contribution in [0.25, 0.3) is 10.9 Å². The van der Waals surface area contributed by atoms with Crippen molar-refractivity contribution in [3.8, 4) is 5.75 Å². The van der Waals surface area contributed by atoms with E-state index < -0.39 is 0 Å². The van der Waals surface area contributed by atoms with E-state index in [1.807, 2.05) is 24.3 Å². The minimum absolute atomic E-state index is 0.503. The van der Waals surface area contributed by atoms with Gasteiger partial charge in [0, 0.05) is 18.5 Å². The van der Waals surface area contributed by atoms with Gasteiger partial charge >= 0.3 is 0 Å². The third kappa shape index (κ3) is 3.69. The molecule has 4 heteroatoms. The average Bonchev–Trinajstić information content (AvgIpc) is 3.07. The number of ether oxygens (including phenoxy) is 2. The first-order chi connectivity index (χ1) is 10.9. The molecule has 1 aromatic carbocycles. The lowest BCUT2D eigenvalue weighted by molar-refractivity contribution is 0.0583. The lowest BCUT2D eigenvalue weighted by Gasteiger charge is -2.12. The highest BCUT2D eigenvalue weighted by Gasteiger charge is 2.14. The molecule has 0 radical (unpaired) electrons. The van der Waals surface area contributed by atoms with Crippen LogP contribution in [0.1, 0.15) is 32.1 Å². The number of nitrogens with zero attached hydrogens (tertiary/aromatic N) is 1. The summed E-state index contributed by atoms with van der Waals surface area (Å²) < 4.78 is 11.2. The van der Waals surface area contributed by atoms with E-state index in [1.54, 1.807) is 7.11 Å². The van der Waals surface area contributed by atoms with Crippen molar-refractivity contribution in [2.75, 3.05) is 25.6 Å². The molecule has 0 spiro atoms. The zero-order valence-electron chi connectivity index (χ0n) is 13.2. The van der Waals surface area contributed by atoms with Crippen molar-refractivity contribution in [3.63, 3.8) is 0 Å². The SMILES string of the molecule is COc1cccc2ccc(NCCCOC3CCCC3)nc12. The van der Waals surface area contributed by atoms with Gasteiger partial charge in [0.1, 0.15) is 17.1 Å². The second-order valence-corrected chi connectivity index (χ2v) is 5.79. The van der Waals surface area contributed by atoms with Crippen LogP contribution < -0.4 is 10.1 Å². The number of hydrogen-bond donors (Lipinski definition) is 1. The molecule has 0 aliphatic heterocycles. The van der Waals surface area contributed by atoms with Crippen LogP contribution in [0.2, 0.25) is 0 Å². The number of aromatic nitrogens is 1. The van der Waals surface area contributed by atoms with Crippen molar-refractivity contribution >= 4 is 16.7 Å². The molecular formula is C18H24N2O2. The summed E-state index contributed by atoms with van der Waals surface area (Å²) in [5.41, 5.74) is 0.900. The first-order valence-corrected chi connectivity index (χ1v) is 8.16. The molecular weight excluding hydrogens is 276 g/mol. The Morgan fingerprint density at radius 2 is 2.05 bits per heavy atom. The van der Waals surface area contributed by atoms with Crippen LogP contribution in [-0.2, 0) is 4.74 Å². The summed E-state index contributed by atoms with van der Waals surface area (Å²) in [6.07, 6.45) is 6.63. The molecule has 1 aliphatic carbocycles. The van der Waals surface area contributed by atoms with Crippen molar-refractivity contribution < 1.29 is 9.47 Å². The first kappa shape index (κ1) is 15.1. The number of fused-ring (bicyclic) bond motifs is 1. The van der Waals surface area contributed by atoms with E-state index in [-0.39, 0.29) is 0 Å². The highest BCUT2D eigenvalue weighted by Crippen LogP contribution is 2.25. The zero-order chi connectivity index (χ0) is 15.2. The Morgan fingerprint density at radius 3 is 2.86 bits per heavy atom. The maximum absolute atomic E-state index is 5.87. The molecule has 22 heavy (non-hydrogen) atoms. The molecule has 1 heterocycles. The fourth-order valence-corrected chi connectivity index (χ4v) is 2.98. The van der Waals surface area contributed by atoms with Crippen molar-refractivity contribution in [2.45, 2.75) is 38.2 Å². The number of nitrogens with one attached hydrogen (secondary N) is 1. The fraction of sp³-hybridized carbons (Fsp3) is 0.500. The molecule has 0 atom stereocenters. The molecule has 1 saturated carbocycles. The second-order valence-electron chi connectivity index (χ2n) is 5.79. The van der Waals surface area contributed by atoms with E-state index in [9.17, 15) is 0 Å². The molecule has 0 amide bonds. The highest BCUT2D eigenvalue weighted by atomic mass is 16.5. The molecule has 2 aromatic rings. The minimum atomic E-state index is 0.503. The largest absolute Gasteiger partial charge is 0.494 e. The van der Waals surface area contributed by atoms with Crippen molar-refractivity contribution in [1.82, 2.24) is 4.98 Å². The van der Waals surface area contributed by atoms with Crippen LogP contribution >= 0.6 is 0 Å². The average molecular weight is 300 g/mol. The Labute approximate surface area is 131 Å². The number of para-hydroxylation sites is 1. The van der Waals surface area contributed by atoms with Gasteiger partial charge in [-0.05, 0) is 37.5 Å². The Balaban J connectivity index is 1.50. The Hall–Kier alpha value is -1.81. The summed E-state index contributed by atoms with van der Waals surface area (Å²) in [7, 11) is 1.68. The van der Waals surface area contributed by atoms with E-state index in [4.69, 9.17) is 9.47 Å². The number of methoxy groups -OCH3 is 1. The topological polar surface area (TPSA) is 43.4 Å². The quantitative estimate of drug-likeness (QED) is 0.785. The summed E-state index contributed by atoms with van der Waals surface area (Å²) in [5, 5.41) is 4.46. The van der Waals surface area contributed by atoms with Gasteiger partial charge in [-0.3, -0.25) is 0 Å². The smallest absolute Gasteiger partial charge is 0.145 e. The summed E-state index contributed by atoms with van der Waals surface area (Å²) in [4.78, 5) is 4.64. The van der Waals surface area contributed by atoms with Crippen LogP contribution in [0.15, 0.2) is 30.3 Å². The lowest BCUT2D eigenvalue weighted by Crippen LogP contribution is -2.12. The predicted molar refractivity (Wildman–Crippen MR) is 89.6 cm³/mol. The molecule has 0 bridgehead atoms. The summed E-state index contributed by atoms with van der Waals surface area (Å²) in [5.74, 6) is 1.70. The maximum atomic E-state index is 5.87.